The van der Waals surface area contributed by atoms with Crippen LogP contribution in [0.25, 0.3) is 0 Å². The predicted molar refractivity (Wildman–Crippen MR) is 145 cm³/mol. The standard InChI is InChI=1S/C30H39N5O2/c1-30(2,3)23-14-16-25(17-15-23)35(28(36)26-13-9-19-34(26)21-31)27(22-10-8-18-32-20-22)29(37)33(4)24-11-6-5-7-12-24/h8,10,14-18,20,24,26-27H,5-7,9,11-13,19H2,1-4H3/t26-,27-/m1/s1. The summed E-state index contributed by atoms with van der Waals surface area (Å²) in [6.45, 7) is 7.00. The van der Waals surface area contributed by atoms with Gasteiger partial charge in [0.05, 0.1) is 0 Å². The number of hydrogen-bond acceptors (Lipinski definition) is 5. The Kier molecular flexibility index (Phi) is 8.16. The number of nitriles is 1. The molecular formula is C30H39N5O2. The molecule has 2 fully saturated rings. The largest absolute Gasteiger partial charge is 0.341 e. The van der Waals surface area contributed by atoms with E-state index in [4.69, 9.17) is 0 Å². The fraction of sp³-hybridized carbons (Fsp3) is 0.533. The quantitative estimate of drug-likeness (QED) is 0.509. The molecule has 7 nitrogen and oxygen atoms in total. The molecule has 1 aliphatic heterocycles. The second-order valence-electron chi connectivity index (χ2n) is 11.4. The number of rotatable bonds is 6. The summed E-state index contributed by atoms with van der Waals surface area (Å²) in [7, 11) is 1.87. The van der Waals surface area contributed by atoms with Crippen molar-refractivity contribution in [1.82, 2.24) is 14.8 Å². The maximum Gasteiger partial charge on any atom is 0.251 e. The Morgan fingerprint density at radius 2 is 1.76 bits per heavy atom. The highest BCUT2D eigenvalue weighted by atomic mass is 16.2. The molecule has 1 aromatic heterocycles. The molecular weight excluding hydrogens is 462 g/mol. The van der Waals surface area contributed by atoms with Gasteiger partial charge in [0.2, 0.25) is 5.91 Å². The Hall–Kier alpha value is -3.40. The first-order chi connectivity index (χ1) is 17.7. The fourth-order valence-corrected chi connectivity index (χ4v) is 5.61. The van der Waals surface area contributed by atoms with Crippen molar-refractivity contribution >= 4 is 17.5 Å². The van der Waals surface area contributed by atoms with E-state index in [2.05, 4.69) is 31.9 Å². The van der Waals surface area contributed by atoms with Gasteiger partial charge in [-0.3, -0.25) is 24.4 Å². The Morgan fingerprint density at radius 1 is 1.05 bits per heavy atom. The zero-order valence-corrected chi connectivity index (χ0v) is 22.6. The molecule has 37 heavy (non-hydrogen) atoms. The second kappa shape index (κ2) is 11.3. The molecule has 2 aliphatic rings. The van der Waals surface area contributed by atoms with Crippen molar-refractivity contribution in [3.05, 3.63) is 59.9 Å². The monoisotopic (exact) mass is 501 g/mol. The van der Waals surface area contributed by atoms with Crippen LogP contribution in [0.2, 0.25) is 0 Å². The fourth-order valence-electron chi connectivity index (χ4n) is 5.61. The molecule has 2 heterocycles. The van der Waals surface area contributed by atoms with Crippen molar-refractivity contribution in [3.63, 3.8) is 0 Å². The van der Waals surface area contributed by atoms with Gasteiger partial charge in [-0.25, -0.2) is 0 Å². The van der Waals surface area contributed by atoms with Gasteiger partial charge in [0, 0.05) is 43.3 Å². The molecule has 4 rings (SSSR count). The number of likely N-dealkylation sites (N-methyl/N-ethyl adjacent to an activating group) is 1. The molecule has 0 unspecified atom stereocenters. The van der Waals surface area contributed by atoms with Crippen LogP contribution in [0.3, 0.4) is 0 Å². The summed E-state index contributed by atoms with van der Waals surface area (Å²) in [5, 5.41) is 9.71. The lowest BCUT2D eigenvalue weighted by molar-refractivity contribution is -0.136. The topological polar surface area (TPSA) is 80.5 Å². The van der Waals surface area contributed by atoms with Crippen LogP contribution in [0.4, 0.5) is 5.69 Å². The van der Waals surface area contributed by atoms with Gasteiger partial charge >= 0.3 is 0 Å². The van der Waals surface area contributed by atoms with Crippen LogP contribution in [0.1, 0.15) is 82.9 Å². The van der Waals surface area contributed by atoms with E-state index in [1.165, 1.54) is 6.42 Å². The minimum absolute atomic E-state index is 0.0454. The number of benzene rings is 1. The van der Waals surface area contributed by atoms with E-state index >= 15 is 0 Å². The van der Waals surface area contributed by atoms with Gasteiger partial charge in [-0.05, 0) is 54.9 Å². The molecule has 0 N–H and O–H groups in total. The first-order valence-corrected chi connectivity index (χ1v) is 13.5. The Bertz CT molecular complexity index is 1110. The molecule has 2 atom stereocenters. The number of anilines is 1. The van der Waals surface area contributed by atoms with Crippen molar-refractivity contribution in [3.8, 4) is 6.19 Å². The summed E-state index contributed by atoms with van der Waals surface area (Å²) in [5.74, 6) is -0.337. The average Bonchev–Trinajstić information content (AvgIpc) is 3.40. The third-order valence-corrected chi connectivity index (χ3v) is 7.88. The molecule has 1 saturated carbocycles. The lowest BCUT2D eigenvalue weighted by Gasteiger charge is -2.39. The van der Waals surface area contributed by atoms with Gasteiger partial charge in [-0.15, -0.1) is 0 Å². The highest BCUT2D eigenvalue weighted by Crippen LogP contribution is 2.35. The Balaban J connectivity index is 1.81. The van der Waals surface area contributed by atoms with Crippen molar-refractivity contribution < 1.29 is 9.59 Å². The molecule has 2 aromatic rings. The number of likely N-dealkylation sites (tertiary alicyclic amines) is 1. The zero-order chi connectivity index (χ0) is 26.6. The van der Waals surface area contributed by atoms with Crippen LogP contribution < -0.4 is 4.90 Å². The highest BCUT2D eigenvalue weighted by molar-refractivity contribution is 6.04. The summed E-state index contributed by atoms with van der Waals surface area (Å²) >= 11 is 0. The van der Waals surface area contributed by atoms with Crippen molar-refractivity contribution in [2.24, 2.45) is 0 Å². The van der Waals surface area contributed by atoms with Crippen molar-refractivity contribution in [1.29, 1.82) is 5.26 Å². The number of carbonyl (C=O) groups is 2. The molecule has 1 aromatic carbocycles. The van der Waals surface area contributed by atoms with Gasteiger partial charge in [-0.1, -0.05) is 58.2 Å². The van der Waals surface area contributed by atoms with E-state index in [1.54, 1.807) is 28.3 Å². The van der Waals surface area contributed by atoms with Crippen LogP contribution in [0.5, 0.6) is 0 Å². The van der Waals surface area contributed by atoms with Crippen LogP contribution in [-0.2, 0) is 15.0 Å². The minimum Gasteiger partial charge on any atom is -0.341 e. The molecule has 0 spiro atoms. The SMILES string of the molecule is CN(C(=O)[C@@H](c1cccnc1)N(C(=O)[C@H]1CCCN1C#N)c1ccc(C(C)(C)C)cc1)C1CCCCC1. The van der Waals surface area contributed by atoms with E-state index in [9.17, 15) is 14.9 Å². The third-order valence-electron chi connectivity index (χ3n) is 7.88. The number of aromatic nitrogens is 1. The molecule has 2 amide bonds. The van der Waals surface area contributed by atoms with E-state index in [0.717, 1.165) is 37.7 Å². The van der Waals surface area contributed by atoms with Crippen LogP contribution >= 0.6 is 0 Å². The molecule has 0 bridgehead atoms. The van der Waals surface area contributed by atoms with Crippen LogP contribution in [0, 0.1) is 11.5 Å². The molecule has 0 radical (unpaired) electrons. The molecule has 196 valence electrons. The predicted octanol–water partition coefficient (Wildman–Crippen LogP) is 5.19. The first kappa shape index (κ1) is 26.7. The smallest absolute Gasteiger partial charge is 0.251 e. The van der Waals surface area contributed by atoms with Gasteiger partial charge in [0.1, 0.15) is 12.1 Å². The normalized spacial score (nSPS) is 19.2. The number of hydrogen-bond donors (Lipinski definition) is 0. The number of nitrogens with zero attached hydrogens (tertiary/aromatic N) is 5. The van der Waals surface area contributed by atoms with Crippen molar-refractivity contribution in [2.45, 2.75) is 89.3 Å². The Labute approximate surface area is 221 Å². The number of carbonyl (C=O) groups excluding carboxylic acids is 2. The van der Waals surface area contributed by atoms with Gasteiger partial charge in [0.15, 0.2) is 6.19 Å². The maximum atomic E-state index is 14.3. The van der Waals surface area contributed by atoms with E-state index in [1.807, 2.05) is 42.3 Å². The Morgan fingerprint density at radius 3 is 2.35 bits per heavy atom. The summed E-state index contributed by atoms with van der Waals surface area (Å²) in [4.78, 5) is 37.9. The lowest BCUT2D eigenvalue weighted by Crippen LogP contribution is -2.52. The first-order valence-electron chi connectivity index (χ1n) is 13.5. The summed E-state index contributed by atoms with van der Waals surface area (Å²) < 4.78 is 0. The number of amides is 2. The van der Waals surface area contributed by atoms with Gasteiger partial charge in [-0.2, -0.15) is 5.26 Å². The van der Waals surface area contributed by atoms with Crippen LogP contribution in [0.15, 0.2) is 48.8 Å². The number of pyridine rings is 1. The van der Waals surface area contributed by atoms with Gasteiger partial charge in [0.25, 0.3) is 5.91 Å². The zero-order valence-electron chi connectivity index (χ0n) is 22.6. The summed E-state index contributed by atoms with van der Waals surface area (Å²) in [6.07, 6.45) is 12.3. The summed E-state index contributed by atoms with van der Waals surface area (Å²) in [6, 6.07) is 10.3. The average molecular weight is 502 g/mol. The highest BCUT2D eigenvalue weighted by Gasteiger charge is 2.42. The molecule has 1 aliphatic carbocycles. The molecule has 7 heteroatoms. The summed E-state index contributed by atoms with van der Waals surface area (Å²) in [5.41, 5.74) is 2.43. The van der Waals surface area contributed by atoms with Crippen LogP contribution in [-0.4, -0.2) is 52.3 Å². The minimum atomic E-state index is -0.866. The second-order valence-corrected chi connectivity index (χ2v) is 11.4. The van der Waals surface area contributed by atoms with Gasteiger partial charge < -0.3 is 4.90 Å². The third kappa shape index (κ3) is 5.79. The van der Waals surface area contributed by atoms with Crippen molar-refractivity contribution in [2.75, 3.05) is 18.5 Å². The van der Waals surface area contributed by atoms with E-state index in [0.29, 0.717) is 24.2 Å². The van der Waals surface area contributed by atoms with E-state index < -0.39 is 12.1 Å². The maximum absolute atomic E-state index is 14.3. The van der Waals surface area contributed by atoms with E-state index in [-0.39, 0.29) is 23.3 Å². The lowest BCUT2D eigenvalue weighted by atomic mass is 9.87. The molecule has 1 saturated heterocycles.